The van der Waals surface area contributed by atoms with E-state index in [2.05, 4.69) is 0 Å². The molecule has 1 aromatic heterocycles. The van der Waals surface area contributed by atoms with E-state index in [-0.39, 0.29) is 34.1 Å². The lowest BCUT2D eigenvalue weighted by Crippen LogP contribution is -2.59. The molecule has 45 heavy (non-hydrogen) atoms. The van der Waals surface area contributed by atoms with Gasteiger partial charge in [0.1, 0.15) is 5.69 Å². The molecule has 2 fully saturated rings. The molecule has 0 radical (unpaired) electrons. The summed E-state index contributed by atoms with van der Waals surface area (Å²) in [5.74, 6) is -18.2. The molecule has 2 aromatic carbocycles. The number of amides is 2. The molecule has 3 aromatic rings. The van der Waals surface area contributed by atoms with Gasteiger partial charge in [-0.2, -0.15) is 0 Å². The van der Waals surface area contributed by atoms with Crippen LogP contribution in [0.1, 0.15) is 23.9 Å². The second-order valence-corrected chi connectivity index (χ2v) is 11.8. The van der Waals surface area contributed by atoms with Crippen LogP contribution in [0, 0.1) is 29.1 Å². The minimum absolute atomic E-state index is 0.0299. The minimum Gasteiger partial charge on any atom is -0.502 e. The maximum absolute atomic E-state index is 15.1. The molecule has 0 unspecified atom stereocenters. The highest BCUT2D eigenvalue weighted by Gasteiger charge is 2.76. The van der Waals surface area contributed by atoms with Gasteiger partial charge in [0.05, 0.1) is 26.8 Å². The van der Waals surface area contributed by atoms with Crippen LogP contribution in [0.3, 0.4) is 0 Å². The first-order valence-corrected chi connectivity index (χ1v) is 13.6. The summed E-state index contributed by atoms with van der Waals surface area (Å²) < 4.78 is 85.9. The summed E-state index contributed by atoms with van der Waals surface area (Å²) in [4.78, 5) is 48.5. The number of hydrogen-bond donors (Lipinski definition) is 1. The second kappa shape index (κ2) is 9.84. The van der Waals surface area contributed by atoms with Gasteiger partial charge in [0.25, 0.3) is 11.8 Å². The summed E-state index contributed by atoms with van der Waals surface area (Å²) in [6, 6.07) is 1.09. The molecule has 1 saturated heterocycles. The van der Waals surface area contributed by atoms with Crippen molar-refractivity contribution < 1.29 is 46.1 Å². The Morgan fingerprint density at radius 3 is 1.93 bits per heavy atom. The Balaban J connectivity index is 1.68. The summed E-state index contributed by atoms with van der Waals surface area (Å²) in [6.45, 7) is -0.241. The molecule has 11 nitrogen and oxygen atoms in total. The fourth-order valence-electron chi connectivity index (χ4n) is 6.39. The van der Waals surface area contributed by atoms with Crippen LogP contribution in [0.15, 0.2) is 33.4 Å². The summed E-state index contributed by atoms with van der Waals surface area (Å²) in [5, 5.41) is 10.5. The predicted molar refractivity (Wildman–Crippen MR) is 146 cm³/mol. The number of aromatic hydroxyl groups is 1. The number of ether oxygens (including phenoxy) is 2. The Morgan fingerprint density at radius 2 is 1.40 bits per heavy atom. The van der Waals surface area contributed by atoms with Crippen LogP contribution in [-0.2, 0) is 23.2 Å². The van der Waals surface area contributed by atoms with E-state index in [1.807, 2.05) is 0 Å². The van der Waals surface area contributed by atoms with Gasteiger partial charge in [-0.05, 0) is 23.3 Å². The molecule has 3 heterocycles. The molecule has 238 valence electrons. The minimum atomic E-state index is -2.76. The largest absolute Gasteiger partial charge is 0.502 e. The Bertz CT molecular complexity index is 1970. The highest BCUT2D eigenvalue weighted by atomic mass is 35.5. The van der Waals surface area contributed by atoms with Gasteiger partial charge in [-0.1, -0.05) is 6.08 Å². The Labute approximate surface area is 258 Å². The number of aromatic nitrogens is 3. The number of phenols is 1. The number of alkyl halides is 2. The smallest absolute Gasteiger partial charge is 0.347 e. The molecule has 2 amide bonds. The van der Waals surface area contributed by atoms with Crippen molar-refractivity contribution in [3.63, 3.8) is 0 Å². The van der Waals surface area contributed by atoms with Crippen LogP contribution < -0.4 is 25.8 Å². The topological polar surface area (TPSA) is 125 Å². The normalized spacial score (nSPS) is 25.6. The maximum Gasteiger partial charge on any atom is 0.347 e. The quantitative estimate of drug-likeness (QED) is 0.113. The SMILES string of the molecule is COc1cc([C@H]2C3=CCn4c(=O)n(C)c(=O)n4[C@@H]3C[C@@]3(Cl)C(=O)N(c4c(F)c(F)c(F)c(F)c4F)C(=O)[C@@]23Cl)cc(OC)c1O. The Morgan fingerprint density at radius 1 is 0.867 bits per heavy atom. The van der Waals surface area contributed by atoms with Gasteiger partial charge in [0, 0.05) is 19.4 Å². The lowest BCUT2D eigenvalue weighted by molar-refractivity contribution is -0.122. The molecule has 0 spiro atoms. The third kappa shape index (κ3) is 3.63. The highest BCUT2D eigenvalue weighted by Crippen LogP contribution is 2.64. The van der Waals surface area contributed by atoms with E-state index in [9.17, 15) is 37.5 Å². The summed E-state index contributed by atoms with van der Waals surface area (Å²) >= 11 is 14.0. The van der Waals surface area contributed by atoms with Gasteiger partial charge < -0.3 is 14.6 Å². The van der Waals surface area contributed by atoms with Crippen molar-refractivity contribution >= 4 is 40.7 Å². The van der Waals surface area contributed by atoms with Gasteiger partial charge in [0.2, 0.25) is 11.6 Å². The van der Waals surface area contributed by atoms with Crippen molar-refractivity contribution in [3.8, 4) is 17.2 Å². The number of imide groups is 1. The van der Waals surface area contributed by atoms with Crippen molar-refractivity contribution in [2.24, 2.45) is 7.05 Å². The van der Waals surface area contributed by atoms with E-state index < -0.39 is 91.8 Å². The Hall–Kier alpha value is -4.31. The zero-order valence-electron chi connectivity index (χ0n) is 23.1. The third-order valence-corrected chi connectivity index (χ3v) is 9.93. The Kier molecular flexibility index (Phi) is 6.72. The van der Waals surface area contributed by atoms with E-state index in [1.54, 1.807) is 0 Å². The summed E-state index contributed by atoms with van der Waals surface area (Å²) in [5.41, 5.74) is -3.41. The molecule has 0 bridgehead atoms. The van der Waals surface area contributed by atoms with Crippen molar-refractivity contribution in [2.45, 2.75) is 34.7 Å². The first kappa shape index (κ1) is 30.7. The molecule has 4 atom stereocenters. The molecular weight excluding hydrogens is 658 g/mol. The third-order valence-electron chi connectivity index (χ3n) is 8.52. The first-order chi connectivity index (χ1) is 21.1. The predicted octanol–water partition coefficient (Wildman–Crippen LogP) is 2.96. The number of allylic oxidation sites excluding steroid dienone is 2. The molecular formula is C27H19Cl2F5N4O7. The van der Waals surface area contributed by atoms with Gasteiger partial charge in [-0.3, -0.25) is 9.59 Å². The van der Waals surface area contributed by atoms with Crippen LogP contribution in [-0.4, -0.2) is 54.8 Å². The van der Waals surface area contributed by atoms with Crippen molar-refractivity contribution in [1.82, 2.24) is 13.9 Å². The number of carbonyl (C=O) groups is 2. The van der Waals surface area contributed by atoms with Gasteiger partial charge in [-0.25, -0.2) is 50.4 Å². The number of phenolic OH excluding ortho intramolecular Hbond substituents is 1. The van der Waals surface area contributed by atoms with Crippen molar-refractivity contribution in [1.29, 1.82) is 0 Å². The molecule has 3 aliphatic rings. The zero-order valence-corrected chi connectivity index (χ0v) is 24.6. The lowest BCUT2D eigenvalue weighted by atomic mass is 9.64. The number of fused-ring (bicyclic) bond motifs is 4. The van der Waals surface area contributed by atoms with Gasteiger partial charge in [0.15, 0.2) is 44.5 Å². The molecule has 6 rings (SSSR count). The molecule has 2 aliphatic heterocycles. The van der Waals surface area contributed by atoms with Crippen LogP contribution in [0.25, 0.3) is 0 Å². The summed E-state index contributed by atoms with van der Waals surface area (Å²) in [7, 11) is 3.55. The number of methoxy groups -OCH3 is 2. The molecule has 1 aliphatic carbocycles. The fraction of sp³-hybridized carbons (Fsp3) is 0.333. The van der Waals surface area contributed by atoms with Crippen molar-refractivity contribution in [2.75, 3.05) is 19.1 Å². The lowest BCUT2D eigenvalue weighted by Gasteiger charge is -2.49. The van der Waals surface area contributed by atoms with E-state index in [0.717, 1.165) is 13.9 Å². The van der Waals surface area contributed by atoms with Crippen LogP contribution in [0.2, 0.25) is 0 Å². The molecule has 1 N–H and O–H groups in total. The number of halogens is 7. The average molecular weight is 677 g/mol. The monoisotopic (exact) mass is 676 g/mol. The van der Waals surface area contributed by atoms with Crippen LogP contribution >= 0.6 is 23.2 Å². The second-order valence-electron chi connectivity index (χ2n) is 10.6. The van der Waals surface area contributed by atoms with Crippen molar-refractivity contribution in [3.05, 3.63) is 79.4 Å². The fourth-order valence-corrected chi connectivity index (χ4v) is 7.31. The zero-order chi connectivity index (χ0) is 33.1. The molecule has 1 saturated carbocycles. The number of hydrogen-bond acceptors (Lipinski definition) is 7. The van der Waals surface area contributed by atoms with E-state index in [4.69, 9.17) is 32.7 Å². The average Bonchev–Trinajstić information content (AvgIpc) is 3.33. The van der Waals surface area contributed by atoms with E-state index >= 15 is 8.78 Å². The maximum atomic E-state index is 15.1. The highest BCUT2D eigenvalue weighted by molar-refractivity contribution is 6.58. The molecule has 18 heteroatoms. The number of anilines is 1. The first-order valence-electron chi connectivity index (χ1n) is 12.9. The van der Waals surface area contributed by atoms with Crippen LogP contribution in [0.5, 0.6) is 17.2 Å². The summed E-state index contributed by atoms with van der Waals surface area (Å²) in [6.07, 6.45) is 0.688. The number of carbonyl (C=O) groups excluding carboxylic acids is 2. The standard InChI is InChI=1S/C27H19Cl2F5N4O7/c1-35-24(42)36-5-4-10-11(38(36)25(35)43)8-26(28)22(40)37(20-18(33)16(31)15(30)17(32)19(20)34)23(41)27(26,29)14(10)9-6-12(44-2)21(39)13(7-9)45-3/h4,6-7,11,14,39H,5,8H2,1-3H3/t11-,14+,26-,27+/m1/s1. The number of rotatable bonds is 4. The van der Waals surface area contributed by atoms with E-state index in [0.29, 0.717) is 0 Å². The number of benzene rings is 2. The van der Waals surface area contributed by atoms with E-state index in [1.165, 1.54) is 39.5 Å². The van der Waals surface area contributed by atoms with Gasteiger partial charge in [-0.15, -0.1) is 23.2 Å². The number of nitrogens with zero attached hydrogens (tertiary/aromatic N) is 4. The van der Waals surface area contributed by atoms with Gasteiger partial charge >= 0.3 is 11.4 Å². The van der Waals surface area contributed by atoms with Crippen LogP contribution in [0.4, 0.5) is 27.6 Å².